The van der Waals surface area contributed by atoms with Crippen molar-refractivity contribution in [2.45, 2.75) is 13.5 Å². The zero-order valence-corrected chi connectivity index (χ0v) is 12.8. The molecule has 2 heterocycles. The second-order valence-electron chi connectivity index (χ2n) is 4.54. The third kappa shape index (κ3) is 3.92. The van der Waals surface area contributed by atoms with E-state index in [1.165, 1.54) is 0 Å². The molecule has 2 aromatic rings. The number of hydrogen-bond donors (Lipinski definition) is 1. The van der Waals surface area contributed by atoms with Gasteiger partial charge in [-0.2, -0.15) is 0 Å². The highest BCUT2D eigenvalue weighted by Crippen LogP contribution is 2.18. The molecule has 2 rings (SSSR count). The summed E-state index contributed by atoms with van der Waals surface area (Å²) in [5.41, 5.74) is 1.06. The van der Waals surface area contributed by atoms with E-state index in [1.54, 1.807) is 30.3 Å². The van der Waals surface area contributed by atoms with Gasteiger partial charge >= 0.3 is 0 Å². The zero-order chi connectivity index (χ0) is 15.2. The van der Waals surface area contributed by atoms with Crippen LogP contribution in [0.2, 0.25) is 5.02 Å². The van der Waals surface area contributed by atoms with Crippen LogP contribution in [0.4, 0.5) is 5.82 Å². The first-order valence-electron chi connectivity index (χ1n) is 6.67. The monoisotopic (exact) mass is 304 g/mol. The molecule has 0 aliphatic heterocycles. The molecule has 0 saturated heterocycles. The average molecular weight is 305 g/mol. The molecule has 2 aromatic heterocycles. The highest BCUT2D eigenvalue weighted by atomic mass is 35.5. The first-order chi connectivity index (χ1) is 10.1. The largest absolute Gasteiger partial charge is 0.370 e. The number of anilines is 1. The summed E-state index contributed by atoms with van der Waals surface area (Å²) in [6.07, 6.45) is 1.70. The van der Waals surface area contributed by atoms with Crippen molar-refractivity contribution < 1.29 is 4.79 Å². The lowest BCUT2D eigenvalue weighted by Gasteiger charge is -2.17. The number of halogens is 1. The standard InChI is InChI=1S/C15H17ClN4O/c1-3-17-13-8-7-12(16)14(19-13)15(21)20(2)10-11-6-4-5-9-18-11/h4-9H,3,10H2,1-2H3,(H,17,19). The summed E-state index contributed by atoms with van der Waals surface area (Å²) in [4.78, 5) is 22.5. The van der Waals surface area contributed by atoms with Gasteiger partial charge in [0, 0.05) is 19.8 Å². The molecule has 0 aromatic carbocycles. The predicted molar refractivity (Wildman–Crippen MR) is 83.4 cm³/mol. The van der Waals surface area contributed by atoms with Gasteiger partial charge in [0.05, 0.1) is 17.3 Å². The van der Waals surface area contributed by atoms with E-state index in [4.69, 9.17) is 11.6 Å². The van der Waals surface area contributed by atoms with Crippen molar-refractivity contribution in [1.82, 2.24) is 14.9 Å². The molecule has 0 unspecified atom stereocenters. The minimum atomic E-state index is -0.231. The summed E-state index contributed by atoms with van der Waals surface area (Å²) in [5.74, 6) is 0.405. The van der Waals surface area contributed by atoms with Crippen molar-refractivity contribution in [3.8, 4) is 0 Å². The highest BCUT2D eigenvalue weighted by molar-refractivity contribution is 6.33. The molecule has 0 saturated carbocycles. The van der Waals surface area contributed by atoms with Crippen LogP contribution < -0.4 is 5.32 Å². The van der Waals surface area contributed by atoms with Crippen LogP contribution >= 0.6 is 11.6 Å². The summed E-state index contributed by atoms with van der Waals surface area (Å²) in [6.45, 7) is 3.10. The smallest absolute Gasteiger partial charge is 0.274 e. The first kappa shape index (κ1) is 15.3. The molecule has 0 atom stereocenters. The first-order valence-corrected chi connectivity index (χ1v) is 7.05. The molecule has 0 aliphatic rings. The number of rotatable bonds is 5. The van der Waals surface area contributed by atoms with Gasteiger partial charge in [-0.3, -0.25) is 9.78 Å². The van der Waals surface area contributed by atoms with Crippen molar-refractivity contribution in [3.05, 3.63) is 52.9 Å². The maximum Gasteiger partial charge on any atom is 0.274 e. The van der Waals surface area contributed by atoms with E-state index < -0.39 is 0 Å². The SMILES string of the molecule is CCNc1ccc(Cl)c(C(=O)N(C)Cc2ccccn2)n1. The Morgan fingerprint density at radius 3 is 2.81 bits per heavy atom. The number of amides is 1. The number of aromatic nitrogens is 2. The molecule has 0 fully saturated rings. The molecule has 1 amide bonds. The number of nitrogens with zero attached hydrogens (tertiary/aromatic N) is 3. The van der Waals surface area contributed by atoms with Crippen LogP contribution in [0.15, 0.2) is 36.5 Å². The third-order valence-electron chi connectivity index (χ3n) is 2.88. The van der Waals surface area contributed by atoms with Crippen LogP contribution in [0.5, 0.6) is 0 Å². The number of pyridine rings is 2. The van der Waals surface area contributed by atoms with Gasteiger partial charge < -0.3 is 10.2 Å². The van der Waals surface area contributed by atoms with E-state index in [-0.39, 0.29) is 11.6 Å². The fourth-order valence-electron chi connectivity index (χ4n) is 1.86. The van der Waals surface area contributed by atoms with E-state index >= 15 is 0 Å². The number of hydrogen-bond acceptors (Lipinski definition) is 4. The van der Waals surface area contributed by atoms with Gasteiger partial charge in [0.1, 0.15) is 11.5 Å². The summed E-state index contributed by atoms with van der Waals surface area (Å²) < 4.78 is 0. The molecule has 0 radical (unpaired) electrons. The van der Waals surface area contributed by atoms with Gasteiger partial charge in [-0.15, -0.1) is 0 Å². The van der Waals surface area contributed by atoms with Gasteiger partial charge in [-0.05, 0) is 31.2 Å². The fraction of sp³-hybridized carbons (Fsp3) is 0.267. The molecule has 0 aliphatic carbocycles. The molecule has 0 spiro atoms. The molecule has 0 bridgehead atoms. The number of carbonyl (C=O) groups excluding carboxylic acids is 1. The maximum atomic E-state index is 12.4. The molecule has 21 heavy (non-hydrogen) atoms. The van der Waals surface area contributed by atoms with Gasteiger partial charge in [-0.1, -0.05) is 17.7 Å². The van der Waals surface area contributed by atoms with Gasteiger partial charge in [0.2, 0.25) is 0 Å². The van der Waals surface area contributed by atoms with E-state index in [0.717, 1.165) is 12.2 Å². The Balaban J connectivity index is 2.17. The second-order valence-corrected chi connectivity index (χ2v) is 4.95. The molecular formula is C15H17ClN4O. The third-order valence-corrected chi connectivity index (χ3v) is 3.18. The maximum absolute atomic E-state index is 12.4. The Hall–Kier alpha value is -2.14. The van der Waals surface area contributed by atoms with E-state index in [9.17, 15) is 4.79 Å². The van der Waals surface area contributed by atoms with Crippen molar-refractivity contribution in [2.24, 2.45) is 0 Å². The Labute approximate surface area is 129 Å². The lowest BCUT2D eigenvalue weighted by atomic mass is 10.3. The summed E-state index contributed by atoms with van der Waals surface area (Å²) in [5, 5.41) is 3.41. The van der Waals surface area contributed by atoms with Crippen LogP contribution in [0.25, 0.3) is 0 Å². The Morgan fingerprint density at radius 2 is 2.14 bits per heavy atom. The van der Waals surface area contributed by atoms with Crippen LogP contribution in [-0.2, 0) is 6.54 Å². The van der Waals surface area contributed by atoms with Crippen molar-refractivity contribution in [3.63, 3.8) is 0 Å². The van der Waals surface area contributed by atoms with Gasteiger partial charge in [0.25, 0.3) is 5.91 Å². The van der Waals surface area contributed by atoms with Crippen LogP contribution in [-0.4, -0.2) is 34.4 Å². The average Bonchev–Trinajstić information content (AvgIpc) is 2.50. The van der Waals surface area contributed by atoms with E-state index in [2.05, 4.69) is 15.3 Å². The van der Waals surface area contributed by atoms with Crippen LogP contribution in [0.1, 0.15) is 23.1 Å². The summed E-state index contributed by atoms with van der Waals surface area (Å²) in [7, 11) is 1.70. The zero-order valence-electron chi connectivity index (χ0n) is 12.0. The minimum Gasteiger partial charge on any atom is -0.370 e. The van der Waals surface area contributed by atoms with Crippen LogP contribution in [0, 0.1) is 0 Å². The van der Waals surface area contributed by atoms with Gasteiger partial charge in [-0.25, -0.2) is 4.98 Å². The Bertz CT molecular complexity index is 618. The lowest BCUT2D eigenvalue weighted by Crippen LogP contribution is -2.28. The molecule has 6 heteroatoms. The van der Waals surface area contributed by atoms with Crippen molar-refractivity contribution in [2.75, 3.05) is 18.9 Å². The normalized spacial score (nSPS) is 10.2. The summed E-state index contributed by atoms with van der Waals surface area (Å²) in [6, 6.07) is 9.02. The Kier molecular flexibility index (Phi) is 5.11. The number of nitrogens with one attached hydrogen (secondary N) is 1. The quantitative estimate of drug-likeness (QED) is 0.923. The van der Waals surface area contributed by atoms with E-state index in [0.29, 0.717) is 17.4 Å². The Morgan fingerprint density at radius 1 is 1.33 bits per heavy atom. The highest BCUT2D eigenvalue weighted by Gasteiger charge is 2.18. The van der Waals surface area contributed by atoms with Crippen molar-refractivity contribution >= 4 is 23.3 Å². The van der Waals surface area contributed by atoms with Crippen molar-refractivity contribution in [1.29, 1.82) is 0 Å². The predicted octanol–water partition coefficient (Wildman–Crippen LogP) is 2.83. The second kappa shape index (κ2) is 7.04. The molecular weight excluding hydrogens is 288 g/mol. The topological polar surface area (TPSA) is 58.1 Å². The lowest BCUT2D eigenvalue weighted by molar-refractivity contribution is 0.0778. The fourth-order valence-corrected chi connectivity index (χ4v) is 2.05. The van der Waals surface area contributed by atoms with Gasteiger partial charge in [0.15, 0.2) is 0 Å². The summed E-state index contributed by atoms with van der Waals surface area (Å²) >= 11 is 6.08. The molecule has 110 valence electrons. The molecule has 5 nitrogen and oxygen atoms in total. The number of carbonyl (C=O) groups is 1. The van der Waals surface area contributed by atoms with Crippen LogP contribution in [0.3, 0.4) is 0 Å². The van der Waals surface area contributed by atoms with E-state index in [1.807, 2.05) is 25.1 Å². The molecule has 1 N–H and O–H groups in total. The minimum absolute atomic E-state index is 0.231.